The number of hydrogen-bond donors (Lipinski definition) is 0. The summed E-state index contributed by atoms with van der Waals surface area (Å²) in [5, 5.41) is 0. The highest BCUT2D eigenvalue weighted by Gasteiger charge is 2.21. The van der Waals surface area contributed by atoms with Crippen molar-refractivity contribution in [3.63, 3.8) is 0 Å². The fourth-order valence-electron chi connectivity index (χ4n) is 2.09. The van der Waals surface area contributed by atoms with Crippen LogP contribution in [-0.4, -0.2) is 18.5 Å². The lowest BCUT2D eigenvalue weighted by molar-refractivity contribution is 0.0780. The lowest BCUT2D eigenvalue weighted by Crippen LogP contribution is -2.26. The molecule has 0 fully saturated rings. The smallest absolute Gasteiger partial charge is 0.203 e. The third kappa shape index (κ3) is 3.85. The van der Waals surface area contributed by atoms with Crippen molar-refractivity contribution in [1.29, 1.82) is 0 Å². The van der Waals surface area contributed by atoms with Crippen LogP contribution >= 0.6 is 0 Å². The van der Waals surface area contributed by atoms with Gasteiger partial charge in [0.2, 0.25) is 5.78 Å². The highest BCUT2D eigenvalue weighted by molar-refractivity contribution is 5.99. The van der Waals surface area contributed by atoms with Gasteiger partial charge in [0.1, 0.15) is 0 Å². The zero-order valence-corrected chi connectivity index (χ0v) is 12.4. The molecule has 2 aromatic rings. The number of ether oxygens (including phenoxy) is 2. The molecule has 2 rings (SSSR count). The number of carbonyl (C=O) groups excluding carboxylic acids is 1. The molecule has 0 bridgehead atoms. The number of Topliss-reactive ketones (excluding diaryl/α,β-unsaturated/α-hetero) is 1. The zero-order valence-electron chi connectivity index (χ0n) is 12.4. The molecule has 0 saturated heterocycles. The molecular formula is C18H20O3. The second-order valence-electron chi connectivity index (χ2n) is 4.62. The molecule has 0 aliphatic rings. The summed E-state index contributed by atoms with van der Waals surface area (Å²) in [6.45, 7) is 4.42. The molecule has 21 heavy (non-hydrogen) atoms. The molecule has 0 aliphatic heterocycles. The molecule has 0 heterocycles. The monoisotopic (exact) mass is 284 g/mol. The van der Waals surface area contributed by atoms with Crippen LogP contribution in [0.3, 0.4) is 0 Å². The van der Waals surface area contributed by atoms with E-state index < -0.39 is 6.10 Å². The van der Waals surface area contributed by atoms with Crippen molar-refractivity contribution >= 4 is 5.78 Å². The van der Waals surface area contributed by atoms with E-state index in [4.69, 9.17) is 9.47 Å². The molecule has 0 spiro atoms. The minimum Gasteiger partial charge on any atom is -0.490 e. The van der Waals surface area contributed by atoms with Crippen LogP contribution in [0.4, 0.5) is 0 Å². The summed E-state index contributed by atoms with van der Waals surface area (Å²) in [7, 11) is 0. The zero-order chi connectivity index (χ0) is 15.1. The SMILES string of the molecule is CCOc1ccccc1OC(CC)C(=O)c1ccccc1. The summed E-state index contributed by atoms with van der Waals surface area (Å²) in [5.41, 5.74) is 0.665. The maximum Gasteiger partial charge on any atom is 0.203 e. The fourth-order valence-corrected chi connectivity index (χ4v) is 2.09. The molecule has 0 aromatic heterocycles. The predicted octanol–water partition coefficient (Wildman–Crippen LogP) is 4.13. The van der Waals surface area contributed by atoms with E-state index in [-0.39, 0.29) is 5.78 Å². The third-order valence-corrected chi connectivity index (χ3v) is 3.14. The van der Waals surface area contributed by atoms with Crippen molar-refractivity contribution in [2.45, 2.75) is 26.4 Å². The molecule has 2 aromatic carbocycles. The van der Waals surface area contributed by atoms with E-state index in [0.717, 1.165) is 0 Å². The maximum absolute atomic E-state index is 12.5. The van der Waals surface area contributed by atoms with Crippen LogP contribution < -0.4 is 9.47 Å². The van der Waals surface area contributed by atoms with E-state index in [2.05, 4.69) is 0 Å². The molecule has 3 heteroatoms. The van der Waals surface area contributed by atoms with Gasteiger partial charge in [0.05, 0.1) is 6.61 Å². The molecule has 0 N–H and O–H groups in total. The first-order chi connectivity index (χ1) is 10.3. The van der Waals surface area contributed by atoms with E-state index in [0.29, 0.717) is 30.1 Å². The first-order valence-electron chi connectivity index (χ1n) is 7.24. The van der Waals surface area contributed by atoms with Crippen LogP contribution in [0.5, 0.6) is 11.5 Å². The van der Waals surface area contributed by atoms with Gasteiger partial charge in [-0.25, -0.2) is 0 Å². The van der Waals surface area contributed by atoms with Gasteiger partial charge < -0.3 is 9.47 Å². The van der Waals surface area contributed by atoms with Gasteiger partial charge in [0.15, 0.2) is 17.6 Å². The topological polar surface area (TPSA) is 35.5 Å². The number of para-hydroxylation sites is 2. The first-order valence-corrected chi connectivity index (χ1v) is 7.24. The average Bonchev–Trinajstić information content (AvgIpc) is 2.54. The fraction of sp³-hybridized carbons (Fsp3) is 0.278. The Morgan fingerprint density at radius 2 is 1.57 bits per heavy atom. The van der Waals surface area contributed by atoms with Crippen molar-refractivity contribution in [2.24, 2.45) is 0 Å². The van der Waals surface area contributed by atoms with Gasteiger partial charge in [-0.3, -0.25) is 4.79 Å². The van der Waals surface area contributed by atoms with Crippen LogP contribution in [0.1, 0.15) is 30.6 Å². The van der Waals surface area contributed by atoms with E-state index in [1.54, 1.807) is 0 Å². The molecule has 1 atom stereocenters. The van der Waals surface area contributed by atoms with Gasteiger partial charge in [-0.15, -0.1) is 0 Å². The van der Waals surface area contributed by atoms with Crippen LogP contribution in [-0.2, 0) is 0 Å². The number of carbonyl (C=O) groups is 1. The Labute approximate surface area is 125 Å². The molecule has 0 radical (unpaired) electrons. The standard InChI is InChI=1S/C18H20O3/c1-3-15(18(19)14-10-6-5-7-11-14)21-17-13-9-8-12-16(17)20-4-2/h5-13,15H,3-4H2,1-2H3. The summed E-state index contributed by atoms with van der Waals surface area (Å²) in [6.07, 6.45) is 0.0998. The summed E-state index contributed by atoms with van der Waals surface area (Å²) < 4.78 is 11.4. The second-order valence-corrected chi connectivity index (χ2v) is 4.62. The van der Waals surface area contributed by atoms with Gasteiger partial charge in [0.25, 0.3) is 0 Å². The molecule has 3 nitrogen and oxygen atoms in total. The summed E-state index contributed by atoms with van der Waals surface area (Å²) in [5.74, 6) is 1.26. The molecular weight excluding hydrogens is 264 g/mol. The molecule has 0 aliphatic carbocycles. The Kier molecular flexibility index (Phi) is 5.38. The second kappa shape index (κ2) is 7.48. The number of ketones is 1. The summed E-state index contributed by atoms with van der Waals surface area (Å²) in [6, 6.07) is 16.6. The minimum absolute atomic E-state index is 0.00981. The Balaban J connectivity index is 2.18. The van der Waals surface area contributed by atoms with Crippen molar-refractivity contribution in [1.82, 2.24) is 0 Å². The van der Waals surface area contributed by atoms with Gasteiger partial charge in [0, 0.05) is 5.56 Å². The van der Waals surface area contributed by atoms with Crippen LogP contribution in [0.25, 0.3) is 0 Å². The highest BCUT2D eigenvalue weighted by Crippen LogP contribution is 2.28. The van der Waals surface area contributed by atoms with Gasteiger partial charge in [-0.2, -0.15) is 0 Å². The van der Waals surface area contributed by atoms with Crippen LogP contribution in [0, 0.1) is 0 Å². The van der Waals surface area contributed by atoms with E-state index >= 15 is 0 Å². The minimum atomic E-state index is -0.506. The van der Waals surface area contributed by atoms with Gasteiger partial charge in [-0.1, -0.05) is 49.4 Å². The largest absolute Gasteiger partial charge is 0.490 e. The predicted molar refractivity (Wildman–Crippen MR) is 83.1 cm³/mol. The molecule has 0 saturated carbocycles. The molecule has 1 unspecified atom stereocenters. The van der Waals surface area contributed by atoms with E-state index in [9.17, 15) is 4.79 Å². The summed E-state index contributed by atoms with van der Waals surface area (Å²) >= 11 is 0. The lowest BCUT2D eigenvalue weighted by Gasteiger charge is -2.18. The highest BCUT2D eigenvalue weighted by atomic mass is 16.5. The van der Waals surface area contributed by atoms with Crippen molar-refractivity contribution in [2.75, 3.05) is 6.61 Å². The quantitative estimate of drug-likeness (QED) is 0.717. The number of rotatable bonds is 7. The Morgan fingerprint density at radius 1 is 0.952 bits per heavy atom. The number of benzene rings is 2. The Bertz CT molecular complexity index is 578. The van der Waals surface area contributed by atoms with E-state index in [1.807, 2.05) is 68.4 Å². The van der Waals surface area contributed by atoms with E-state index in [1.165, 1.54) is 0 Å². The van der Waals surface area contributed by atoms with Crippen LogP contribution in [0.15, 0.2) is 54.6 Å². The normalized spacial score (nSPS) is 11.7. The summed E-state index contributed by atoms with van der Waals surface area (Å²) in [4.78, 5) is 12.5. The number of hydrogen-bond acceptors (Lipinski definition) is 3. The van der Waals surface area contributed by atoms with Crippen molar-refractivity contribution in [3.8, 4) is 11.5 Å². The van der Waals surface area contributed by atoms with Crippen molar-refractivity contribution < 1.29 is 14.3 Å². The van der Waals surface area contributed by atoms with Crippen molar-refractivity contribution in [3.05, 3.63) is 60.2 Å². The van der Waals surface area contributed by atoms with Gasteiger partial charge >= 0.3 is 0 Å². The lowest BCUT2D eigenvalue weighted by atomic mass is 10.0. The molecule has 0 amide bonds. The third-order valence-electron chi connectivity index (χ3n) is 3.14. The first kappa shape index (κ1) is 15.1. The van der Waals surface area contributed by atoms with Gasteiger partial charge in [-0.05, 0) is 25.5 Å². The molecule has 110 valence electrons. The Hall–Kier alpha value is -2.29. The average molecular weight is 284 g/mol. The Morgan fingerprint density at radius 3 is 2.19 bits per heavy atom. The van der Waals surface area contributed by atoms with Crippen LogP contribution in [0.2, 0.25) is 0 Å². The maximum atomic E-state index is 12.5.